The lowest BCUT2D eigenvalue weighted by molar-refractivity contribution is -0.122. The van der Waals surface area contributed by atoms with Gasteiger partial charge in [-0.3, -0.25) is 9.69 Å². The number of amides is 1. The van der Waals surface area contributed by atoms with Crippen LogP contribution < -0.4 is 5.32 Å². The zero-order valence-corrected chi connectivity index (χ0v) is 15.7. The number of benzene rings is 1. The largest absolute Gasteiger partial charge is 0.352 e. The van der Waals surface area contributed by atoms with Gasteiger partial charge in [-0.15, -0.1) is 11.3 Å². The molecule has 1 saturated heterocycles. The van der Waals surface area contributed by atoms with E-state index in [0.717, 1.165) is 12.0 Å². The van der Waals surface area contributed by atoms with Crippen molar-refractivity contribution in [2.24, 2.45) is 0 Å². The summed E-state index contributed by atoms with van der Waals surface area (Å²) in [4.78, 5) is 15.4. The number of hydrogen-bond acceptors (Lipinski definition) is 3. The lowest BCUT2D eigenvalue weighted by Crippen LogP contribution is -2.54. The van der Waals surface area contributed by atoms with Crippen LogP contribution in [0, 0.1) is 0 Å². The summed E-state index contributed by atoms with van der Waals surface area (Å²) in [5, 5.41) is 6.74. The lowest BCUT2D eigenvalue weighted by Gasteiger charge is -2.42. The lowest BCUT2D eigenvalue weighted by atomic mass is 9.88. The van der Waals surface area contributed by atoms with Gasteiger partial charge in [0, 0.05) is 16.8 Å². The molecule has 0 radical (unpaired) electrons. The third kappa shape index (κ3) is 3.90. The average Bonchev–Trinajstić information content (AvgIpc) is 3.13. The van der Waals surface area contributed by atoms with Gasteiger partial charge in [0.05, 0.1) is 6.42 Å². The number of nitrogens with one attached hydrogen (secondary N) is 1. The molecule has 4 heteroatoms. The maximum absolute atomic E-state index is 12.7. The summed E-state index contributed by atoms with van der Waals surface area (Å²) in [5.74, 6) is 0.188. The highest BCUT2D eigenvalue weighted by Crippen LogP contribution is 2.27. The monoisotopic (exact) mass is 356 g/mol. The summed E-state index contributed by atoms with van der Waals surface area (Å²) in [5.41, 5.74) is 1.15. The van der Waals surface area contributed by atoms with Crippen LogP contribution >= 0.6 is 11.3 Å². The molecule has 4 rings (SSSR count). The number of thiophene rings is 1. The van der Waals surface area contributed by atoms with Crippen LogP contribution in [0.2, 0.25) is 0 Å². The van der Waals surface area contributed by atoms with Crippen LogP contribution in [-0.2, 0) is 11.2 Å². The molecule has 2 atom stereocenters. The maximum atomic E-state index is 12.7. The standard InChI is InChI=1S/C21H28N2OS/c24-21(15-16-7-6-10-20-17(16)11-14-25-20)22-18-8-2-3-9-19(18)23-12-4-1-5-13-23/h6-7,10-11,14,18-19H,1-5,8-9,12-13,15H2,(H,22,24). The summed E-state index contributed by atoms with van der Waals surface area (Å²) in [6.07, 6.45) is 9.43. The molecule has 134 valence electrons. The van der Waals surface area contributed by atoms with Gasteiger partial charge >= 0.3 is 0 Å². The van der Waals surface area contributed by atoms with Crippen molar-refractivity contribution in [1.82, 2.24) is 10.2 Å². The fraction of sp³-hybridized carbons (Fsp3) is 0.571. The van der Waals surface area contributed by atoms with Crippen LogP contribution in [0.1, 0.15) is 50.5 Å². The van der Waals surface area contributed by atoms with Crippen LogP contribution in [0.3, 0.4) is 0 Å². The van der Waals surface area contributed by atoms with Crippen LogP contribution in [0.4, 0.5) is 0 Å². The van der Waals surface area contributed by atoms with Gasteiger partial charge in [0.2, 0.25) is 5.91 Å². The third-order valence-corrected chi connectivity index (χ3v) is 6.75. The van der Waals surface area contributed by atoms with Crippen molar-refractivity contribution in [1.29, 1.82) is 0 Å². The second kappa shape index (κ2) is 7.88. The third-order valence-electron chi connectivity index (χ3n) is 5.87. The molecule has 2 fully saturated rings. The quantitative estimate of drug-likeness (QED) is 0.883. The number of carbonyl (C=O) groups excluding carboxylic acids is 1. The van der Waals surface area contributed by atoms with Crippen molar-refractivity contribution < 1.29 is 4.79 Å². The zero-order valence-electron chi connectivity index (χ0n) is 14.9. The maximum Gasteiger partial charge on any atom is 0.224 e. The molecular formula is C21H28N2OS. The fourth-order valence-corrected chi connectivity index (χ4v) is 5.44. The Morgan fingerprint density at radius 2 is 1.92 bits per heavy atom. The van der Waals surface area contributed by atoms with Gasteiger partial charge in [-0.1, -0.05) is 31.4 Å². The van der Waals surface area contributed by atoms with E-state index in [1.165, 1.54) is 61.7 Å². The first kappa shape index (κ1) is 17.0. The van der Waals surface area contributed by atoms with Crippen LogP contribution in [0.15, 0.2) is 29.6 Å². The van der Waals surface area contributed by atoms with Crippen LogP contribution in [0.25, 0.3) is 10.1 Å². The number of piperidine rings is 1. The Hall–Kier alpha value is -1.39. The molecule has 0 spiro atoms. The van der Waals surface area contributed by atoms with Gasteiger partial charge < -0.3 is 5.32 Å². The Morgan fingerprint density at radius 1 is 1.08 bits per heavy atom. The number of fused-ring (bicyclic) bond motifs is 1. The minimum atomic E-state index is 0.188. The first-order chi connectivity index (χ1) is 12.3. The molecule has 1 aliphatic heterocycles. The smallest absolute Gasteiger partial charge is 0.224 e. The van der Waals surface area contributed by atoms with Gasteiger partial charge in [-0.05, 0) is 67.2 Å². The molecule has 1 aromatic carbocycles. The molecule has 3 nitrogen and oxygen atoms in total. The highest BCUT2D eigenvalue weighted by molar-refractivity contribution is 7.17. The topological polar surface area (TPSA) is 32.3 Å². The minimum absolute atomic E-state index is 0.188. The van der Waals surface area contributed by atoms with Crippen molar-refractivity contribution in [2.75, 3.05) is 13.1 Å². The predicted octanol–water partition coefficient (Wildman–Crippen LogP) is 4.36. The molecule has 2 heterocycles. The Bertz CT molecular complexity index is 720. The van der Waals surface area contributed by atoms with Gasteiger partial charge in [0.25, 0.3) is 0 Å². The molecule has 25 heavy (non-hydrogen) atoms. The molecule has 0 bridgehead atoms. The van der Waals surface area contributed by atoms with E-state index in [0.29, 0.717) is 18.5 Å². The highest BCUT2D eigenvalue weighted by Gasteiger charge is 2.31. The number of likely N-dealkylation sites (tertiary alicyclic amines) is 1. The molecule has 2 aliphatic rings. The highest BCUT2D eigenvalue weighted by atomic mass is 32.1. The van der Waals surface area contributed by atoms with E-state index in [-0.39, 0.29) is 5.91 Å². The number of rotatable bonds is 4. The summed E-state index contributed by atoms with van der Waals surface area (Å²) >= 11 is 1.75. The number of carbonyl (C=O) groups is 1. The van der Waals surface area contributed by atoms with Crippen LogP contribution in [0.5, 0.6) is 0 Å². The Kier molecular flexibility index (Phi) is 5.37. The predicted molar refractivity (Wildman–Crippen MR) is 105 cm³/mol. The van der Waals surface area contributed by atoms with E-state index in [1.807, 2.05) is 0 Å². The second-order valence-corrected chi connectivity index (χ2v) is 8.50. The fourth-order valence-electron chi connectivity index (χ4n) is 4.61. The summed E-state index contributed by atoms with van der Waals surface area (Å²) in [6, 6.07) is 9.32. The second-order valence-electron chi connectivity index (χ2n) is 7.55. The average molecular weight is 357 g/mol. The van der Waals surface area contributed by atoms with E-state index in [9.17, 15) is 4.79 Å². The molecule has 1 aromatic heterocycles. The zero-order chi connectivity index (χ0) is 17.1. The summed E-state index contributed by atoms with van der Waals surface area (Å²) in [6.45, 7) is 2.43. The van der Waals surface area contributed by atoms with Crippen molar-refractivity contribution in [3.05, 3.63) is 35.2 Å². The number of nitrogens with zero attached hydrogens (tertiary/aromatic N) is 1. The number of hydrogen-bond donors (Lipinski definition) is 1. The van der Waals surface area contributed by atoms with Gasteiger partial charge in [-0.25, -0.2) is 0 Å². The van der Waals surface area contributed by atoms with E-state index >= 15 is 0 Å². The summed E-state index contributed by atoms with van der Waals surface area (Å²) < 4.78 is 1.27. The first-order valence-corrected chi connectivity index (χ1v) is 10.7. The van der Waals surface area contributed by atoms with E-state index in [1.54, 1.807) is 11.3 Å². The first-order valence-electron chi connectivity index (χ1n) is 9.80. The van der Waals surface area contributed by atoms with Gasteiger partial charge in [-0.2, -0.15) is 0 Å². The molecule has 2 aromatic rings. The minimum Gasteiger partial charge on any atom is -0.352 e. The van der Waals surface area contributed by atoms with Crippen LogP contribution in [-0.4, -0.2) is 36.0 Å². The van der Waals surface area contributed by atoms with Crippen molar-refractivity contribution in [3.8, 4) is 0 Å². The van der Waals surface area contributed by atoms with Crippen molar-refractivity contribution in [3.63, 3.8) is 0 Å². The molecular weight excluding hydrogens is 328 g/mol. The molecule has 2 unspecified atom stereocenters. The van der Waals surface area contributed by atoms with E-state index in [2.05, 4.69) is 39.9 Å². The SMILES string of the molecule is O=C(Cc1cccc2sccc12)NC1CCCCC1N1CCCCC1. The molecule has 1 aliphatic carbocycles. The Balaban J connectivity index is 1.42. The van der Waals surface area contributed by atoms with E-state index < -0.39 is 0 Å². The normalized spacial score (nSPS) is 25.1. The Morgan fingerprint density at radius 3 is 2.80 bits per heavy atom. The van der Waals surface area contributed by atoms with E-state index in [4.69, 9.17) is 0 Å². The molecule has 1 N–H and O–H groups in total. The van der Waals surface area contributed by atoms with Gasteiger partial charge in [0.15, 0.2) is 0 Å². The Labute approximate surface area is 154 Å². The molecule has 1 saturated carbocycles. The van der Waals surface area contributed by atoms with Crippen molar-refractivity contribution in [2.45, 2.75) is 63.5 Å². The van der Waals surface area contributed by atoms with Gasteiger partial charge in [0.1, 0.15) is 0 Å². The summed E-state index contributed by atoms with van der Waals surface area (Å²) in [7, 11) is 0. The molecule has 1 amide bonds. The van der Waals surface area contributed by atoms with Crippen molar-refractivity contribution >= 4 is 27.3 Å².